The lowest BCUT2D eigenvalue weighted by atomic mass is 10.1. The Balaban J connectivity index is 2.02. The molecule has 0 aliphatic rings. The minimum Gasteiger partial charge on any atom is -0.381 e. The molecule has 0 radical (unpaired) electrons. The van der Waals surface area contributed by atoms with Crippen LogP contribution in [0.1, 0.15) is 26.3 Å². The minimum absolute atomic E-state index is 0.0692. The molecule has 2 rings (SSSR count). The van der Waals surface area contributed by atoms with Crippen LogP contribution in [-0.4, -0.2) is 9.78 Å². The number of rotatable bonds is 3. The summed E-state index contributed by atoms with van der Waals surface area (Å²) in [5.41, 5.74) is 1.46. The minimum atomic E-state index is -0.851. The van der Waals surface area contributed by atoms with Crippen molar-refractivity contribution in [3.63, 3.8) is 0 Å². The SMILES string of the molecule is CC(C)(C)n1cc(CNc2ccc(F)c(F)c2)cn1. The topological polar surface area (TPSA) is 29.9 Å². The molecule has 0 atom stereocenters. The summed E-state index contributed by atoms with van der Waals surface area (Å²) in [6.45, 7) is 6.70. The van der Waals surface area contributed by atoms with Crippen LogP contribution in [0.2, 0.25) is 0 Å². The van der Waals surface area contributed by atoms with E-state index in [1.54, 1.807) is 6.20 Å². The third kappa shape index (κ3) is 3.30. The molecule has 0 bridgehead atoms. The smallest absolute Gasteiger partial charge is 0.160 e. The molecule has 0 aliphatic carbocycles. The number of halogens is 2. The largest absolute Gasteiger partial charge is 0.381 e. The highest BCUT2D eigenvalue weighted by Gasteiger charge is 2.13. The van der Waals surface area contributed by atoms with Gasteiger partial charge in [-0.25, -0.2) is 8.78 Å². The van der Waals surface area contributed by atoms with E-state index in [0.29, 0.717) is 12.2 Å². The summed E-state index contributed by atoms with van der Waals surface area (Å²) in [6, 6.07) is 3.76. The van der Waals surface area contributed by atoms with Crippen molar-refractivity contribution in [2.45, 2.75) is 32.9 Å². The molecular weight excluding hydrogens is 248 g/mol. The van der Waals surface area contributed by atoms with Crippen molar-refractivity contribution in [1.82, 2.24) is 9.78 Å². The van der Waals surface area contributed by atoms with Crippen LogP contribution in [0.5, 0.6) is 0 Å². The van der Waals surface area contributed by atoms with Crippen molar-refractivity contribution in [3.8, 4) is 0 Å². The molecule has 19 heavy (non-hydrogen) atoms. The molecule has 102 valence electrons. The lowest BCUT2D eigenvalue weighted by Gasteiger charge is -2.18. The first-order chi connectivity index (χ1) is 8.86. The van der Waals surface area contributed by atoms with Gasteiger partial charge in [0.05, 0.1) is 11.7 Å². The quantitative estimate of drug-likeness (QED) is 0.920. The summed E-state index contributed by atoms with van der Waals surface area (Å²) < 4.78 is 27.7. The second kappa shape index (κ2) is 4.99. The molecule has 0 saturated carbocycles. The number of anilines is 1. The molecule has 1 aromatic carbocycles. The van der Waals surface area contributed by atoms with Gasteiger partial charge in [-0.15, -0.1) is 0 Å². The van der Waals surface area contributed by atoms with Gasteiger partial charge in [0.1, 0.15) is 0 Å². The summed E-state index contributed by atoms with van der Waals surface area (Å²) in [6.07, 6.45) is 3.70. The highest BCUT2D eigenvalue weighted by atomic mass is 19.2. The molecule has 3 nitrogen and oxygen atoms in total. The average molecular weight is 265 g/mol. The van der Waals surface area contributed by atoms with Gasteiger partial charge in [-0.2, -0.15) is 5.10 Å². The van der Waals surface area contributed by atoms with E-state index >= 15 is 0 Å². The average Bonchev–Trinajstić information content (AvgIpc) is 2.79. The fraction of sp³-hybridized carbons (Fsp3) is 0.357. The van der Waals surface area contributed by atoms with Crippen LogP contribution in [0.15, 0.2) is 30.6 Å². The fourth-order valence-corrected chi connectivity index (χ4v) is 1.63. The van der Waals surface area contributed by atoms with Crippen molar-refractivity contribution >= 4 is 5.69 Å². The first-order valence-corrected chi connectivity index (χ1v) is 6.09. The van der Waals surface area contributed by atoms with Gasteiger partial charge in [0, 0.05) is 30.1 Å². The fourth-order valence-electron chi connectivity index (χ4n) is 1.63. The van der Waals surface area contributed by atoms with Gasteiger partial charge in [0.25, 0.3) is 0 Å². The number of benzene rings is 1. The first kappa shape index (κ1) is 13.5. The predicted octanol–water partition coefficient (Wildman–Crippen LogP) is 3.53. The van der Waals surface area contributed by atoms with E-state index < -0.39 is 11.6 Å². The molecule has 1 N–H and O–H groups in total. The molecule has 1 heterocycles. The molecule has 0 fully saturated rings. The Morgan fingerprint density at radius 1 is 1.21 bits per heavy atom. The van der Waals surface area contributed by atoms with Crippen LogP contribution in [0.4, 0.5) is 14.5 Å². The van der Waals surface area contributed by atoms with Gasteiger partial charge in [-0.1, -0.05) is 0 Å². The molecule has 0 spiro atoms. The van der Waals surface area contributed by atoms with Crippen molar-refractivity contribution in [2.24, 2.45) is 0 Å². The zero-order chi connectivity index (χ0) is 14.0. The van der Waals surface area contributed by atoms with Crippen LogP contribution in [0.3, 0.4) is 0 Å². The number of nitrogens with one attached hydrogen (secondary N) is 1. The van der Waals surface area contributed by atoms with E-state index in [1.165, 1.54) is 6.07 Å². The van der Waals surface area contributed by atoms with E-state index in [2.05, 4.69) is 31.2 Å². The van der Waals surface area contributed by atoms with Gasteiger partial charge >= 0.3 is 0 Å². The Morgan fingerprint density at radius 3 is 2.53 bits per heavy atom. The van der Waals surface area contributed by atoms with Crippen LogP contribution < -0.4 is 5.32 Å². The number of nitrogens with zero attached hydrogens (tertiary/aromatic N) is 2. The zero-order valence-electron chi connectivity index (χ0n) is 11.2. The molecule has 1 aromatic heterocycles. The first-order valence-electron chi connectivity index (χ1n) is 6.09. The van der Waals surface area contributed by atoms with Crippen LogP contribution >= 0.6 is 0 Å². The third-order valence-corrected chi connectivity index (χ3v) is 2.74. The number of aromatic nitrogens is 2. The molecular formula is C14H17F2N3. The summed E-state index contributed by atoms with van der Waals surface area (Å²) in [5.74, 6) is -1.69. The molecule has 5 heteroatoms. The van der Waals surface area contributed by atoms with E-state index in [9.17, 15) is 8.78 Å². The summed E-state index contributed by atoms with van der Waals surface area (Å²) in [4.78, 5) is 0. The van der Waals surface area contributed by atoms with Gasteiger partial charge in [0.2, 0.25) is 0 Å². The van der Waals surface area contributed by atoms with Crippen molar-refractivity contribution < 1.29 is 8.78 Å². The van der Waals surface area contributed by atoms with Gasteiger partial charge < -0.3 is 5.32 Å². The second-order valence-corrected chi connectivity index (χ2v) is 5.45. The van der Waals surface area contributed by atoms with Crippen molar-refractivity contribution in [1.29, 1.82) is 0 Å². The zero-order valence-corrected chi connectivity index (χ0v) is 11.2. The summed E-state index contributed by atoms with van der Waals surface area (Å²) >= 11 is 0. The Morgan fingerprint density at radius 2 is 1.95 bits per heavy atom. The molecule has 0 unspecified atom stereocenters. The Bertz CT molecular complexity index is 570. The summed E-state index contributed by atoms with van der Waals surface area (Å²) in [5, 5.41) is 7.31. The Labute approximate surface area is 111 Å². The van der Waals surface area contributed by atoms with E-state index in [0.717, 1.165) is 17.7 Å². The van der Waals surface area contributed by atoms with E-state index in [-0.39, 0.29) is 5.54 Å². The number of hydrogen-bond acceptors (Lipinski definition) is 2. The second-order valence-electron chi connectivity index (χ2n) is 5.45. The predicted molar refractivity (Wildman–Crippen MR) is 70.9 cm³/mol. The molecule has 0 aliphatic heterocycles. The number of hydrogen-bond donors (Lipinski definition) is 1. The van der Waals surface area contributed by atoms with E-state index in [4.69, 9.17) is 0 Å². The van der Waals surface area contributed by atoms with E-state index in [1.807, 2.05) is 10.9 Å². The maximum Gasteiger partial charge on any atom is 0.160 e. The lowest BCUT2D eigenvalue weighted by Crippen LogP contribution is -2.21. The van der Waals surface area contributed by atoms with Crippen molar-refractivity contribution in [2.75, 3.05) is 5.32 Å². The highest BCUT2D eigenvalue weighted by molar-refractivity contribution is 5.43. The van der Waals surface area contributed by atoms with Crippen LogP contribution in [0.25, 0.3) is 0 Å². The molecule has 0 saturated heterocycles. The maximum absolute atomic E-state index is 13.0. The van der Waals surface area contributed by atoms with Gasteiger partial charge in [0.15, 0.2) is 11.6 Å². The van der Waals surface area contributed by atoms with Gasteiger partial charge in [-0.3, -0.25) is 4.68 Å². The van der Waals surface area contributed by atoms with Gasteiger partial charge in [-0.05, 0) is 32.9 Å². The maximum atomic E-state index is 13.0. The monoisotopic (exact) mass is 265 g/mol. The third-order valence-electron chi connectivity index (χ3n) is 2.74. The normalized spacial score (nSPS) is 11.6. The van der Waals surface area contributed by atoms with Crippen molar-refractivity contribution in [3.05, 3.63) is 47.8 Å². The lowest BCUT2D eigenvalue weighted by molar-refractivity contribution is 0.355. The molecule has 0 amide bonds. The van der Waals surface area contributed by atoms with Crippen LogP contribution in [0, 0.1) is 11.6 Å². The van der Waals surface area contributed by atoms with Crippen LogP contribution in [-0.2, 0) is 12.1 Å². The molecule has 2 aromatic rings. The summed E-state index contributed by atoms with van der Waals surface area (Å²) in [7, 11) is 0. The standard InChI is InChI=1S/C14H17F2N3/c1-14(2,3)19-9-10(8-18-19)7-17-11-4-5-12(15)13(16)6-11/h4-6,8-9,17H,7H2,1-3H3. The highest BCUT2D eigenvalue weighted by Crippen LogP contribution is 2.16. The Hall–Kier alpha value is -1.91. The Kier molecular flexibility index (Phi) is 3.55.